The van der Waals surface area contributed by atoms with Crippen molar-refractivity contribution in [2.24, 2.45) is 0 Å². The zero-order valence-electron chi connectivity index (χ0n) is 19.3. The molecule has 6 nitrogen and oxygen atoms in total. The Kier molecular flexibility index (Phi) is 6.46. The third kappa shape index (κ3) is 5.18. The van der Waals surface area contributed by atoms with E-state index >= 15 is 0 Å². The Morgan fingerprint density at radius 1 is 0.971 bits per heavy atom. The lowest BCUT2D eigenvalue weighted by Crippen LogP contribution is -2.26. The van der Waals surface area contributed by atoms with Crippen molar-refractivity contribution in [3.63, 3.8) is 0 Å². The van der Waals surface area contributed by atoms with Crippen molar-refractivity contribution in [3.05, 3.63) is 125 Å². The van der Waals surface area contributed by atoms with Gasteiger partial charge in [-0.05, 0) is 42.0 Å². The van der Waals surface area contributed by atoms with E-state index in [1.54, 1.807) is 17.4 Å². The molecule has 174 valence electrons. The van der Waals surface area contributed by atoms with Gasteiger partial charge >= 0.3 is 0 Å². The number of amides is 1. The van der Waals surface area contributed by atoms with Crippen molar-refractivity contribution < 1.29 is 4.79 Å². The normalized spacial score (nSPS) is 10.9. The highest BCUT2D eigenvalue weighted by molar-refractivity contribution is 6.30. The Hall–Kier alpha value is -4.16. The van der Waals surface area contributed by atoms with Gasteiger partial charge in [0, 0.05) is 60.4 Å². The average Bonchev–Trinajstić information content (AvgIpc) is 3.55. The molecule has 0 bridgehead atoms. The molecule has 0 saturated carbocycles. The summed E-state index contributed by atoms with van der Waals surface area (Å²) in [6.07, 6.45) is 7.43. The summed E-state index contributed by atoms with van der Waals surface area (Å²) in [7, 11) is 1.81. The highest BCUT2D eigenvalue weighted by Gasteiger charge is 2.18. The number of benzene rings is 3. The molecule has 0 spiro atoms. The zero-order chi connectivity index (χ0) is 24.2. The minimum Gasteiger partial charge on any atom is -0.337 e. The molecule has 7 heteroatoms. The molecular formula is C28H24ClN5O. The quantitative estimate of drug-likeness (QED) is 0.299. The monoisotopic (exact) mass is 481 g/mol. The Morgan fingerprint density at radius 2 is 1.71 bits per heavy atom. The van der Waals surface area contributed by atoms with Crippen LogP contribution in [0.15, 0.2) is 104 Å². The predicted molar refractivity (Wildman–Crippen MR) is 138 cm³/mol. The lowest BCUT2D eigenvalue weighted by atomic mass is 10.1. The van der Waals surface area contributed by atoms with Gasteiger partial charge in [0.2, 0.25) is 0 Å². The van der Waals surface area contributed by atoms with Crippen LogP contribution in [-0.4, -0.2) is 37.2 Å². The number of nitrogens with zero attached hydrogens (tertiary/aromatic N) is 5. The number of para-hydroxylation sites is 1. The number of hydrogen-bond donors (Lipinski definition) is 0. The summed E-state index contributed by atoms with van der Waals surface area (Å²) in [4.78, 5) is 19.0. The molecule has 0 atom stereocenters. The number of carbonyl (C=O) groups is 1. The van der Waals surface area contributed by atoms with Gasteiger partial charge in [-0.25, -0.2) is 9.67 Å². The van der Waals surface area contributed by atoms with Crippen molar-refractivity contribution in [2.75, 3.05) is 7.05 Å². The molecule has 5 rings (SSSR count). The van der Waals surface area contributed by atoms with E-state index in [9.17, 15) is 4.79 Å². The van der Waals surface area contributed by atoms with Crippen LogP contribution in [0, 0.1) is 0 Å². The van der Waals surface area contributed by atoms with E-state index in [2.05, 4.69) is 4.98 Å². The van der Waals surface area contributed by atoms with Crippen LogP contribution in [0.4, 0.5) is 0 Å². The van der Waals surface area contributed by atoms with Crippen LogP contribution in [0.3, 0.4) is 0 Å². The first-order chi connectivity index (χ1) is 17.1. The Labute approximate surface area is 209 Å². The lowest BCUT2D eigenvalue weighted by Gasteiger charge is -2.17. The second-order valence-electron chi connectivity index (χ2n) is 8.38. The van der Waals surface area contributed by atoms with Crippen LogP contribution >= 0.6 is 11.6 Å². The predicted octanol–water partition coefficient (Wildman–Crippen LogP) is 5.71. The van der Waals surface area contributed by atoms with E-state index in [1.165, 1.54) is 0 Å². The molecule has 2 aromatic heterocycles. The van der Waals surface area contributed by atoms with Gasteiger partial charge in [-0.2, -0.15) is 5.10 Å². The van der Waals surface area contributed by atoms with Gasteiger partial charge in [-0.1, -0.05) is 54.1 Å². The maximum atomic E-state index is 13.2. The number of carbonyl (C=O) groups excluding carboxylic acids is 1. The van der Waals surface area contributed by atoms with Gasteiger partial charge < -0.3 is 9.47 Å². The van der Waals surface area contributed by atoms with E-state index in [-0.39, 0.29) is 5.91 Å². The summed E-state index contributed by atoms with van der Waals surface area (Å²) in [6, 6.07) is 25.2. The van der Waals surface area contributed by atoms with Gasteiger partial charge in [-0.15, -0.1) is 0 Å². The first kappa shape index (κ1) is 22.6. The minimum absolute atomic E-state index is 0.0475. The SMILES string of the molecule is CN(Cc1cn(-c2ccccc2)nc1-c1ccc(Cl)cc1)C(=O)c1ccc(Cn2ccnc2)cc1. The first-order valence-electron chi connectivity index (χ1n) is 11.3. The summed E-state index contributed by atoms with van der Waals surface area (Å²) in [6.45, 7) is 1.13. The molecule has 0 aliphatic heterocycles. The van der Waals surface area contributed by atoms with Crippen LogP contribution in [0.25, 0.3) is 16.9 Å². The molecule has 5 aromatic rings. The highest BCUT2D eigenvalue weighted by Crippen LogP contribution is 2.26. The van der Waals surface area contributed by atoms with Crippen LogP contribution in [0.2, 0.25) is 5.02 Å². The summed E-state index contributed by atoms with van der Waals surface area (Å²) in [5, 5.41) is 5.51. The van der Waals surface area contributed by atoms with E-state index in [0.717, 1.165) is 28.1 Å². The van der Waals surface area contributed by atoms with Crippen molar-refractivity contribution in [3.8, 4) is 16.9 Å². The summed E-state index contributed by atoms with van der Waals surface area (Å²) < 4.78 is 3.84. The second kappa shape index (κ2) is 9.99. The molecule has 0 fully saturated rings. The largest absolute Gasteiger partial charge is 0.337 e. The average molecular weight is 482 g/mol. The summed E-state index contributed by atoms with van der Waals surface area (Å²) in [5.74, 6) is -0.0475. The van der Waals surface area contributed by atoms with Crippen LogP contribution in [0.5, 0.6) is 0 Å². The first-order valence-corrected chi connectivity index (χ1v) is 11.6. The molecule has 0 aliphatic carbocycles. The third-order valence-electron chi connectivity index (χ3n) is 5.81. The lowest BCUT2D eigenvalue weighted by molar-refractivity contribution is 0.0785. The van der Waals surface area contributed by atoms with E-state index in [4.69, 9.17) is 16.7 Å². The molecule has 0 radical (unpaired) electrons. The van der Waals surface area contributed by atoms with Crippen molar-refractivity contribution in [1.82, 2.24) is 24.2 Å². The van der Waals surface area contributed by atoms with E-state index in [1.807, 2.05) is 108 Å². The van der Waals surface area contributed by atoms with Gasteiger partial charge in [0.05, 0.1) is 17.7 Å². The molecule has 2 heterocycles. The Morgan fingerprint density at radius 3 is 2.40 bits per heavy atom. The standard InChI is InChI=1S/C28H24ClN5O/c1-32(28(35)23-9-7-21(8-10-23)17-33-16-15-30-20-33)18-24-19-34(26-5-3-2-4-6-26)31-27(24)22-11-13-25(29)14-12-22/h2-16,19-20H,17-18H2,1H3. The number of aromatic nitrogens is 4. The summed E-state index contributed by atoms with van der Waals surface area (Å²) in [5.41, 5.74) is 5.42. The van der Waals surface area contributed by atoms with Crippen LogP contribution in [0.1, 0.15) is 21.5 Å². The summed E-state index contributed by atoms with van der Waals surface area (Å²) >= 11 is 6.10. The molecule has 0 N–H and O–H groups in total. The Balaban J connectivity index is 1.38. The maximum Gasteiger partial charge on any atom is 0.253 e. The third-order valence-corrected chi connectivity index (χ3v) is 6.06. The van der Waals surface area contributed by atoms with Gasteiger partial charge in [0.25, 0.3) is 5.91 Å². The van der Waals surface area contributed by atoms with Gasteiger partial charge in [0.1, 0.15) is 0 Å². The fourth-order valence-corrected chi connectivity index (χ4v) is 4.11. The second-order valence-corrected chi connectivity index (χ2v) is 8.82. The minimum atomic E-state index is -0.0475. The highest BCUT2D eigenvalue weighted by atomic mass is 35.5. The van der Waals surface area contributed by atoms with Gasteiger partial charge in [0.15, 0.2) is 0 Å². The topological polar surface area (TPSA) is 56.0 Å². The van der Waals surface area contributed by atoms with E-state index in [0.29, 0.717) is 23.7 Å². The van der Waals surface area contributed by atoms with Crippen LogP contribution < -0.4 is 0 Å². The maximum absolute atomic E-state index is 13.2. The molecule has 1 amide bonds. The fourth-order valence-electron chi connectivity index (χ4n) is 3.98. The molecule has 0 unspecified atom stereocenters. The van der Waals surface area contributed by atoms with Crippen LogP contribution in [-0.2, 0) is 13.1 Å². The molecule has 0 saturated heterocycles. The van der Waals surface area contributed by atoms with E-state index < -0.39 is 0 Å². The molecular weight excluding hydrogens is 458 g/mol. The number of halogens is 1. The number of imidazole rings is 1. The van der Waals surface area contributed by atoms with Gasteiger partial charge in [-0.3, -0.25) is 4.79 Å². The zero-order valence-corrected chi connectivity index (χ0v) is 20.0. The number of rotatable bonds is 7. The number of hydrogen-bond acceptors (Lipinski definition) is 3. The Bertz CT molecular complexity index is 1410. The molecule has 3 aromatic carbocycles. The molecule has 0 aliphatic rings. The van der Waals surface area contributed by atoms with Crippen molar-refractivity contribution in [2.45, 2.75) is 13.1 Å². The van der Waals surface area contributed by atoms with Crippen molar-refractivity contribution >= 4 is 17.5 Å². The smallest absolute Gasteiger partial charge is 0.253 e. The molecule has 35 heavy (non-hydrogen) atoms. The fraction of sp³-hybridized carbons (Fsp3) is 0.107. The van der Waals surface area contributed by atoms with Crippen molar-refractivity contribution in [1.29, 1.82) is 0 Å².